The number of hydrogen-bond acceptors (Lipinski definition) is 7. The highest BCUT2D eigenvalue weighted by Gasteiger charge is 2.46. The summed E-state index contributed by atoms with van der Waals surface area (Å²) in [5.41, 5.74) is 2.06. The van der Waals surface area contributed by atoms with E-state index in [0.29, 0.717) is 12.6 Å². The highest BCUT2D eigenvalue weighted by atomic mass is 32.2. The van der Waals surface area contributed by atoms with Crippen LogP contribution in [-0.4, -0.2) is 40.2 Å². The lowest BCUT2D eigenvalue weighted by atomic mass is 9.94. The number of aliphatic imine (C=N–C) groups is 1. The minimum atomic E-state index is -0.0716. The van der Waals surface area contributed by atoms with Crippen LogP contribution in [0.1, 0.15) is 43.6 Å². The molecule has 7 heteroatoms. The summed E-state index contributed by atoms with van der Waals surface area (Å²) in [5.74, 6) is 3.41. The van der Waals surface area contributed by atoms with Gasteiger partial charge in [0.05, 0.1) is 18.3 Å². The Morgan fingerprint density at radius 1 is 1.21 bits per heavy atom. The molecule has 3 aliphatic heterocycles. The van der Waals surface area contributed by atoms with Crippen LogP contribution in [-0.2, 0) is 0 Å². The lowest BCUT2D eigenvalue weighted by Gasteiger charge is -2.32. The van der Waals surface area contributed by atoms with Gasteiger partial charge in [0.2, 0.25) is 6.79 Å². The Labute approximate surface area is 168 Å². The Morgan fingerprint density at radius 3 is 2.82 bits per heavy atom. The molecule has 0 bridgehead atoms. The van der Waals surface area contributed by atoms with Crippen LogP contribution in [0.4, 0.5) is 0 Å². The molecule has 0 N–H and O–H groups in total. The van der Waals surface area contributed by atoms with E-state index in [1.54, 1.807) is 0 Å². The predicted octanol–water partition coefficient (Wildman–Crippen LogP) is 4.19. The largest absolute Gasteiger partial charge is 0.493 e. The molecule has 1 aromatic carbocycles. The highest BCUT2D eigenvalue weighted by Crippen LogP contribution is 2.52. The standard InChI is InChI=1S/C21H23N3O3S/c1-3-13-11-28-21-23-19(15-7-5-6-8-22-15)20(24(13)21)14-9-17-18(27-12-26-17)10-16(14)25-4-2/h5-10,13,19-20H,3-4,11-12H2,1-2H3/t13-,19+,20-/m1/s1. The number of amidine groups is 1. The first-order valence-corrected chi connectivity index (χ1v) is 10.7. The molecule has 0 spiro atoms. The number of rotatable bonds is 5. The summed E-state index contributed by atoms with van der Waals surface area (Å²) in [7, 11) is 0. The molecule has 0 radical (unpaired) electrons. The molecule has 146 valence electrons. The van der Waals surface area contributed by atoms with Gasteiger partial charge < -0.3 is 19.1 Å². The van der Waals surface area contributed by atoms with Crippen molar-refractivity contribution in [3.05, 3.63) is 47.8 Å². The van der Waals surface area contributed by atoms with Crippen LogP contribution in [0.25, 0.3) is 0 Å². The van der Waals surface area contributed by atoms with Crippen molar-refractivity contribution in [2.24, 2.45) is 4.99 Å². The zero-order valence-corrected chi connectivity index (χ0v) is 16.8. The summed E-state index contributed by atoms with van der Waals surface area (Å²) in [4.78, 5) is 12.2. The molecular formula is C21H23N3O3S. The molecule has 2 aromatic rings. The van der Waals surface area contributed by atoms with Crippen LogP contribution in [0.3, 0.4) is 0 Å². The molecule has 5 rings (SSSR count). The third-order valence-electron chi connectivity index (χ3n) is 5.45. The average molecular weight is 398 g/mol. The molecule has 0 amide bonds. The minimum Gasteiger partial charge on any atom is -0.493 e. The molecule has 28 heavy (non-hydrogen) atoms. The van der Waals surface area contributed by atoms with E-state index in [-0.39, 0.29) is 18.9 Å². The monoisotopic (exact) mass is 397 g/mol. The summed E-state index contributed by atoms with van der Waals surface area (Å²) >= 11 is 1.84. The second kappa shape index (κ2) is 7.20. The first kappa shape index (κ1) is 17.7. The van der Waals surface area contributed by atoms with Crippen molar-refractivity contribution >= 4 is 16.9 Å². The van der Waals surface area contributed by atoms with Gasteiger partial charge in [-0.2, -0.15) is 0 Å². The highest BCUT2D eigenvalue weighted by molar-refractivity contribution is 8.14. The number of hydrogen-bond donors (Lipinski definition) is 0. The van der Waals surface area contributed by atoms with Gasteiger partial charge in [-0.15, -0.1) is 0 Å². The Bertz CT molecular complexity index is 905. The van der Waals surface area contributed by atoms with Gasteiger partial charge in [0.25, 0.3) is 0 Å². The quantitative estimate of drug-likeness (QED) is 0.754. The number of aromatic nitrogens is 1. The summed E-state index contributed by atoms with van der Waals surface area (Å²) in [5, 5.41) is 1.10. The number of benzene rings is 1. The zero-order chi connectivity index (χ0) is 19.1. The minimum absolute atomic E-state index is 0.0286. The molecular weight excluding hydrogens is 374 g/mol. The summed E-state index contributed by atoms with van der Waals surface area (Å²) in [6, 6.07) is 10.5. The van der Waals surface area contributed by atoms with Crippen LogP contribution < -0.4 is 14.2 Å². The van der Waals surface area contributed by atoms with Gasteiger partial charge in [0, 0.05) is 29.6 Å². The summed E-state index contributed by atoms with van der Waals surface area (Å²) in [6.07, 6.45) is 2.91. The molecule has 1 fully saturated rings. The van der Waals surface area contributed by atoms with Crippen molar-refractivity contribution < 1.29 is 14.2 Å². The molecule has 0 unspecified atom stereocenters. The SMILES string of the molecule is CCOc1cc2c(cc1[C@@H]1[C@H](c3ccccn3)N=C3SC[C@@H](CC)N31)OCO2. The van der Waals surface area contributed by atoms with E-state index in [9.17, 15) is 0 Å². The first-order chi connectivity index (χ1) is 13.8. The number of thioether (sulfide) groups is 1. The fourth-order valence-electron chi connectivity index (χ4n) is 4.14. The van der Waals surface area contributed by atoms with Crippen LogP contribution in [0, 0.1) is 0 Å². The summed E-state index contributed by atoms with van der Waals surface area (Å²) < 4.78 is 17.3. The van der Waals surface area contributed by atoms with E-state index in [1.807, 2.05) is 43.1 Å². The lowest BCUT2D eigenvalue weighted by molar-refractivity contribution is 0.173. The van der Waals surface area contributed by atoms with Gasteiger partial charge >= 0.3 is 0 Å². The van der Waals surface area contributed by atoms with E-state index in [2.05, 4.69) is 28.9 Å². The van der Waals surface area contributed by atoms with Crippen molar-refractivity contribution in [3.8, 4) is 17.2 Å². The molecule has 6 nitrogen and oxygen atoms in total. The zero-order valence-electron chi connectivity index (χ0n) is 16.0. The van der Waals surface area contributed by atoms with Crippen LogP contribution >= 0.6 is 11.8 Å². The van der Waals surface area contributed by atoms with Gasteiger partial charge in [-0.25, -0.2) is 0 Å². The topological polar surface area (TPSA) is 56.2 Å². The molecule has 1 saturated heterocycles. The Hall–Kier alpha value is -2.41. The predicted molar refractivity (Wildman–Crippen MR) is 109 cm³/mol. The van der Waals surface area contributed by atoms with E-state index >= 15 is 0 Å². The normalized spacial score (nSPS) is 25.0. The molecule has 0 saturated carbocycles. The smallest absolute Gasteiger partial charge is 0.231 e. The fourth-order valence-corrected chi connectivity index (χ4v) is 5.48. The molecule has 1 aromatic heterocycles. The first-order valence-electron chi connectivity index (χ1n) is 9.76. The van der Waals surface area contributed by atoms with Crippen LogP contribution in [0.15, 0.2) is 41.5 Å². The van der Waals surface area contributed by atoms with Crippen molar-refractivity contribution in [2.75, 3.05) is 19.2 Å². The van der Waals surface area contributed by atoms with Crippen molar-refractivity contribution in [1.29, 1.82) is 0 Å². The fraction of sp³-hybridized carbons (Fsp3) is 0.429. The van der Waals surface area contributed by atoms with E-state index in [4.69, 9.17) is 19.2 Å². The molecule has 3 atom stereocenters. The van der Waals surface area contributed by atoms with Gasteiger partial charge in [-0.1, -0.05) is 24.8 Å². The Morgan fingerprint density at radius 2 is 2.07 bits per heavy atom. The van der Waals surface area contributed by atoms with E-state index < -0.39 is 0 Å². The number of nitrogens with zero attached hydrogens (tertiary/aromatic N) is 3. The second-order valence-electron chi connectivity index (χ2n) is 7.01. The average Bonchev–Trinajstić information content (AvgIpc) is 3.42. The Balaban J connectivity index is 1.65. The maximum Gasteiger partial charge on any atom is 0.231 e. The van der Waals surface area contributed by atoms with Crippen molar-refractivity contribution in [1.82, 2.24) is 9.88 Å². The summed E-state index contributed by atoms with van der Waals surface area (Å²) in [6.45, 7) is 5.08. The van der Waals surface area contributed by atoms with Gasteiger partial charge in [0.15, 0.2) is 16.7 Å². The van der Waals surface area contributed by atoms with Gasteiger partial charge in [-0.05, 0) is 31.5 Å². The van der Waals surface area contributed by atoms with Crippen molar-refractivity contribution in [2.45, 2.75) is 38.4 Å². The number of ether oxygens (including phenoxy) is 3. The van der Waals surface area contributed by atoms with Gasteiger partial charge in [0.1, 0.15) is 11.8 Å². The number of pyridine rings is 1. The maximum absolute atomic E-state index is 6.04. The van der Waals surface area contributed by atoms with Gasteiger partial charge in [-0.3, -0.25) is 9.98 Å². The maximum atomic E-state index is 6.04. The third kappa shape index (κ3) is 2.80. The number of fused-ring (bicyclic) bond motifs is 2. The van der Waals surface area contributed by atoms with E-state index in [1.165, 1.54) is 0 Å². The van der Waals surface area contributed by atoms with Crippen molar-refractivity contribution in [3.63, 3.8) is 0 Å². The van der Waals surface area contributed by atoms with E-state index in [0.717, 1.165) is 45.8 Å². The molecule has 3 aliphatic rings. The second-order valence-corrected chi connectivity index (χ2v) is 8.00. The molecule has 4 heterocycles. The Kier molecular flexibility index (Phi) is 4.55. The lowest BCUT2D eigenvalue weighted by Crippen LogP contribution is -2.35. The van der Waals surface area contributed by atoms with Crippen LogP contribution in [0.5, 0.6) is 17.2 Å². The third-order valence-corrected chi connectivity index (χ3v) is 6.58. The van der Waals surface area contributed by atoms with Crippen LogP contribution in [0.2, 0.25) is 0 Å². The molecule has 0 aliphatic carbocycles.